The maximum absolute atomic E-state index is 10.2. The second-order valence-electron chi connectivity index (χ2n) is 7.44. The Labute approximate surface area is 182 Å². The molecular formula is C20H24IN7O. The first-order valence-corrected chi connectivity index (χ1v) is 11.2. The zero-order valence-electron chi connectivity index (χ0n) is 16.0. The number of nitrogens with one attached hydrogen (secondary N) is 3. The van der Waals surface area contributed by atoms with Crippen LogP contribution in [0.3, 0.4) is 0 Å². The zero-order valence-corrected chi connectivity index (χ0v) is 18.1. The third kappa shape index (κ3) is 3.74. The molecule has 2 aliphatic rings. The normalized spacial score (nSPS) is 22.4. The van der Waals surface area contributed by atoms with Gasteiger partial charge in [0.05, 0.1) is 11.5 Å². The largest absolute Gasteiger partial charge is 0.390 e. The van der Waals surface area contributed by atoms with E-state index in [1.807, 2.05) is 12.3 Å². The van der Waals surface area contributed by atoms with E-state index in [1.165, 1.54) is 5.69 Å². The number of aromatic amines is 1. The van der Waals surface area contributed by atoms with Crippen LogP contribution in [0.4, 0.5) is 23.1 Å². The molecule has 8 nitrogen and oxygen atoms in total. The Morgan fingerprint density at radius 2 is 1.86 bits per heavy atom. The maximum atomic E-state index is 10.2. The minimum atomic E-state index is -0.339. The number of anilines is 4. The third-order valence-corrected chi connectivity index (χ3v) is 7.06. The fraction of sp³-hybridized carbons (Fsp3) is 0.400. The molecule has 152 valence electrons. The van der Waals surface area contributed by atoms with Crippen molar-refractivity contribution in [3.05, 3.63) is 36.5 Å². The van der Waals surface area contributed by atoms with Crippen LogP contribution >= 0.6 is 22.6 Å². The predicted molar refractivity (Wildman–Crippen MR) is 124 cm³/mol. The molecule has 5 rings (SSSR count). The van der Waals surface area contributed by atoms with Crippen molar-refractivity contribution in [3.8, 4) is 0 Å². The van der Waals surface area contributed by atoms with Crippen LogP contribution in [0.5, 0.6) is 0 Å². The number of hydrogen-bond acceptors (Lipinski definition) is 7. The highest BCUT2D eigenvalue weighted by atomic mass is 127. The van der Waals surface area contributed by atoms with Crippen LogP contribution in [-0.2, 0) is 0 Å². The Hall–Kier alpha value is -2.11. The van der Waals surface area contributed by atoms with Crippen LogP contribution in [0.2, 0.25) is 0 Å². The van der Waals surface area contributed by atoms with E-state index in [0.717, 1.165) is 61.7 Å². The molecule has 0 saturated carbocycles. The molecule has 4 N–H and O–H groups in total. The number of aliphatic hydroxyl groups is 1. The van der Waals surface area contributed by atoms with Crippen LogP contribution in [0.25, 0.3) is 11.0 Å². The molecule has 2 unspecified atom stereocenters. The van der Waals surface area contributed by atoms with Gasteiger partial charge in [-0.2, -0.15) is 9.97 Å². The zero-order chi connectivity index (χ0) is 19.8. The molecule has 0 amide bonds. The van der Waals surface area contributed by atoms with E-state index in [-0.39, 0.29) is 10.2 Å². The predicted octanol–water partition coefficient (Wildman–Crippen LogP) is 2.44. The number of H-pyrrole nitrogens is 1. The summed E-state index contributed by atoms with van der Waals surface area (Å²) >= 11 is 2.29. The molecule has 0 bridgehead atoms. The molecule has 0 radical (unpaired) electrons. The SMILES string of the molecule is OC1CCN(c2nc(Nc3ccc(N4CCNCC4)cc3)nc3[nH]ccc23)C1I. The molecule has 0 aliphatic carbocycles. The van der Waals surface area contributed by atoms with Crippen molar-refractivity contribution in [1.82, 2.24) is 20.3 Å². The molecule has 2 saturated heterocycles. The van der Waals surface area contributed by atoms with Gasteiger partial charge >= 0.3 is 0 Å². The highest BCUT2D eigenvalue weighted by molar-refractivity contribution is 14.1. The number of aliphatic hydroxyl groups excluding tert-OH is 1. The highest BCUT2D eigenvalue weighted by Gasteiger charge is 2.33. The van der Waals surface area contributed by atoms with E-state index in [0.29, 0.717) is 5.95 Å². The quantitative estimate of drug-likeness (QED) is 0.246. The molecule has 2 aliphatic heterocycles. The lowest BCUT2D eigenvalue weighted by Crippen LogP contribution is -2.43. The van der Waals surface area contributed by atoms with Crippen LogP contribution in [0, 0.1) is 0 Å². The summed E-state index contributed by atoms with van der Waals surface area (Å²) < 4.78 is 0.00626. The number of alkyl halides is 1. The van der Waals surface area contributed by atoms with Crippen molar-refractivity contribution in [2.24, 2.45) is 0 Å². The van der Waals surface area contributed by atoms with E-state index in [1.54, 1.807) is 0 Å². The molecule has 0 spiro atoms. The number of halogens is 1. The Morgan fingerprint density at radius 3 is 2.59 bits per heavy atom. The van der Waals surface area contributed by atoms with Gasteiger partial charge in [0.1, 0.15) is 15.5 Å². The van der Waals surface area contributed by atoms with E-state index in [2.05, 4.69) is 77.3 Å². The average Bonchev–Trinajstić information content (AvgIpc) is 3.36. The molecule has 3 aromatic rings. The van der Waals surface area contributed by atoms with Crippen LogP contribution < -0.4 is 20.4 Å². The summed E-state index contributed by atoms with van der Waals surface area (Å²) in [6, 6.07) is 10.4. The molecule has 2 fully saturated rings. The first-order valence-electron chi connectivity index (χ1n) is 9.96. The van der Waals surface area contributed by atoms with E-state index < -0.39 is 0 Å². The number of piperazine rings is 1. The minimum absolute atomic E-state index is 0.00626. The Balaban J connectivity index is 1.40. The Morgan fingerprint density at radius 1 is 1.07 bits per heavy atom. The lowest BCUT2D eigenvalue weighted by Gasteiger charge is -2.29. The van der Waals surface area contributed by atoms with Gasteiger partial charge in [0.25, 0.3) is 0 Å². The number of benzene rings is 1. The standard InChI is InChI=1S/C20H24IN7O/c21-17-16(29)6-10-28(17)19-15-5-7-23-18(15)25-20(26-19)24-13-1-3-14(4-2-13)27-11-8-22-9-12-27/h1-5,7,16-17,22,29H,6,8-12H2,(H2,23,24,25,26). The molecule has 29 heavy (non-hydrogen) atoms. The molecule has 2 atom stereocenters. The fourth-order valence-corrected chi connectivity index (χ4v) is 4.87. The Kier molecular flexibility index (Phi) is 5.18. The van der Waals surface area contributed by atoms with Gasteiger partial charge in [-0.25, -0.2) is 0 Å². The fourth-order valence-electron chi connectivity index (χ4n) is 3.97. The van der Waals surface area contributed by atoms with Gasteiger partial charge in [0.2, 0.25) is 5.95 Å². The lowest BCUT2D eigenvalue weighted by atomic mass is 10.2. The number of rotatable bonds is 4. The van der Waals surface area contributed by atoms with E-state index in [4.69, 9.17) is 4.98 Å². The number of nitrogens with zero attached hydrogens (tertiary/aromatic N) is 4. The molecule has 2 aromatic heterocycles. The summed E-state index contributed by atoms with van der Waals surface area (Å²) in [5, 5.41) is 17.9. The third-order valence-electron chi connectivity index (χ3n) is 5.55. The van der Waals surface area contributed by atoms with Gasteiger partial charge in [-0.3, -0.25) is 0 Å². The van der Waals surface area contributed by atoms with Crippen molar-refractivity contribution in [1.29, 1.82) is 0 Å². The van der Waals surface area contributed by atoms with Gasteiger partial charge in [-0.1, -0.05) is 22.6 Å². The van der Waals surface area contributed by atoms with Gasteiger partial charge in [-0.05, 0) is 36.8 Å². The van der Waals surface area contributed by atoms with Crippen molar-refractivity contribution in [3.63, 3.8) is 0 Å². The molecule has 9 heteroatoms. The van der Waals surface area contributed by atoms with Gasteiger partial charge in [-0.15, -0.1) is 0 Å². The smallest absolute Gasteiger partial charge is 0.231 e. The summed E-state index contributed by atoms with van der Waals surface area (Å²) in [5.41, 5.74) is 2.98. The monoisotopic (exact) mass is 505 g/mol. The minimum Gasteiger partial charge on any atom is -0.390 e. The summed E-state index contributed by atoms with van der Waals surface area (Å²) in [6.07, 6.45) is 2.29. The van der Waals surface area contributed by atoms with Crippen molar-refractivity contribution in [2.45, 2.75) is 16.6 Å². The van der Waals surface area contributed by atoms with Crippen LogP contribution in [-0.4, -0.2) is 62.9 Å². The first kappa shape index (κ1) is 18.9. The summed E-state index contributed by atoms with van der Waals surface area (Å²) in [4.78, 5) is 17.2. The topological polar surface area (TPSA) is 92.3 Å². The number of aromatic nitrogens is 3. The molecular weight excluding hydrogens is 481 g/mol. The second kappa shape index (κ2) is 7.96. The van der Waals surface area contributed by atoms with Gasteiger partial charge in [0, 0.05) is 50.3 Å². The van der Waals surface area contributed by atoms with E-state index in [9.17, 15) is 5.11 Å². The van der Waals surface area contributed by atoms with Gasteiger partial charge in [0.15, 0.2) is 0 Å². The molecule has 1 aromatic carbocycles. The lowest BCUT2D eigenvalue weighted by molar-refractivity contribution is 0.193. The number of hydrogen-bond donors (Lipinski definition) is 4. The summed E-state index contributed by atoms with van der Waals surface area (Å²) in [7, 11) is 0. The average molecular weight is 505 g/mol. The summed E-state index contributed by atoms with van der Waals surface area (Å²) in [5.74, 6) is 1.40. The number of fused-ring (bicyclic) bond motifs is 1. The van der Waals surface area contributed by atoms with Crippen LogP contribution in [0.15, 0.2) is 36.5 Å². The maximum Gasteiger partial charge on any atom is 0.231 e. The van der Waals surface area contributed by atoms with Crippen molar-refractivity contribution in [2.75, 3.05) is 47.8 Å². The second-order valence-corrected chi connectivity index (χ2v) is 8.72. The first-order chi connectivity index (χ1) is 14.2. The van der Waals surface area contributed by atoms with Crippen molar-refractivity contribution < 1.29 is 5.11 Å². The Bertz CT molecular complexity index is 986. The van der Waals surface area contributed by atoms with E-state index >= 15 is 0 Å². The highest BCUT2D eigenvalue weighted by Crippen LogP contribution is 2.34. The van der Waals surface area contributed by atoms with Gasteiger partial charge < -0.3 is 30.5 Å². The van der Waals surface area contributed by atoms with Crippen LogP contribution in [0.1, 0.15) is 6.42 Å². The molecule has 4 heterocycles. The van der Waals surface area contributed by atoms with Crippen molar-refractivity contribution >= 4 is 56.8 Å². The summed E-state index contributed by atoms with van der Waals surface area (Å²) in [6.45, 7) is 4.89.